The predicted octanol–water partition coefficient (Wildman–Crippen LogP) is 4.58. The van der Waals surface area contributed by atoms with E-state index in [0.29, 0.717) is 17.8 Å². The largest absolute Gasteiger partial charge is 0.495 e. The van der Waals surface area contributed by atoms with Crippen molar-refractivity contribution in [3.63, 3.8) is 0 Å². The first-order valence-electron chi connectivity index (χ1n) is 10.1. The standard InChI is InChI=1S/C24H36FN3OS/c1-23(2)22(26)28-24(3,16-30(23,5,6,7)8)18-14-17(11-12-19(18)25)15-20-21(29-4)10-9-13-27-20/h9-14H,15-16H2,1-8H3,(H2,26,28)/t24-/m0/s1. The van der Waals surface area contributed by atoms with Crippen molar-refractivity contribution in [2.24, 2.45) is 10.7 Å². The Labute approximate surface area is 179 Å². The quantitative estimate of drug-likeness (QED) is 0.768. The van der Waals surface area contributed by atoms with Gasteiger partial charge < -0.3 is 10.5 Å². The molecule has 6 heteroatoms. The lowest BCUT2D eigenvalue weighted by Gasteiger charge is -2.81. The van der Waals surface area contributed by atoms with Crippen molar-refractivity contribution < 1.29 is 9.13 Å². The summed E-state index contributed by atoms with van der Waals surface area (Å²) in [6.45, 7) is 6.36. The Bertz CT molecular complexity index is 1040. The molecule has 1 aliphatic heterocycles. The zero-order valence-corrected chi connectivity index (χ0v) is 20.4. The van der Waals surface area contributed by atoms with Crippen LogP contribution in [0.3, 0.4) is 0 Å². The summed E-state index contributed by atoms with van der Waals surface area (Å²) in [5.74, 6) is 1.83. The van der Waals surface area contributed by atoms with Gasteiger partial charge in [-0.25, -0.2) is 4.39 Å². The highest BCUT2D eigenvalue weighted by Gasteiger charge is 2.63. The molecule has 166 valence electrons. The number of aromatic nitrogens is 1. The first-order valence-corrected chi connectivity index (χ1v) is 14.4. The molecule has 1 aromatic carbocycles. The van der Waals surface area contributed by atoms with Crippen LogP contribution in [0.25, 0.3) is 0 Å². The number of benzene rings is 1. The number of ether oxygens (including phenoxy) is 1. The number of amidine groups is 1. The van der Waals surface area contributed by atoms with Crippen LogP contribution in [0, 0.1) is 5.82 Å². The maximum Gasteiger partial charge on any atom is 0.140 e. The van der Waals surface area contributed by atoms with Crippen molar-refractivity contribution in [2.45, 2.75) is 37.5 Å². The van der Waals surface area contributed by atoms with Gasteiger partial charge in [0.05, 0.1) is 18.3 Å². The molecule has 4 nitrogen and oxygen atoms in total. The lowest BCUT2D eigenvalue weighted by atomic mass is 9.91. The van der Waals surface area contributed by atoms with Gasteiger partial charge in [0, 0.05) is 22.9 Å². The van der Waals surface area contributed by atoms with E-state index in [-0.39, 0.29) is 10.6 Å². The highest BCUT2D eigenvalue weighted by molar-refractivity contribution is 8.64. The fourth-order valence-electron chi connectivity index (χ4n) is 4.54. The van der Waals surface area contributed by atoms with E-state index in [4.69, 9.17) is 15.5 Å². The van der Waals surface area contributed by atoms with E-state index in [1.54, 1.807) is 19.4 Å². The molecule has 0 fully saturated rings. The second kappa shape index (κ2) is 6.22. The predicted molar refractivity (Wildman–Crippen MR) is 129 cm³/mol. The second-order valence-corrected chi connectivity index (χ2v) is 22.1. The average molecular weight is 434 g/mol. The molecule has 1 aliphatic rings. The topological polar surface area (TPSA) is 60.5 Å². The molecule has 1 atom stereocenters. The molecule has 2 aromatic rings. The number of nitrogens with two attached hydrogens (primary N) is 1. The van der Waals surface area contributed by atoms with Crippen LogP contribution in [0.1, 0.15) is 37.6 Å². The molecule has 0 aliphatic carbocycles. The number of methoxy groups -OCH3 is 1. The number of rotatable bonds is 4. The van der Waals surface area contributed by atoms with Gasteiger partial charge >= 0.3 is 0 Å². The third-order valence-corrected chi connectivity index (χ3v) is 14.2. The highest BCUT2D eigenvalue weighted by Crippen LogP contribution is 2.88. The Morgan fingerprint density at radius 1 is 1.13 bits per heavy atom. The summed E-state index contributed by atoms with van der Waals surface area (Å²) in [6.07, 6.45) is 11.6. The number of aliphatic imine (C=N–C) groups is 1. The van der Waals surface area contributed by atoms with Crippen LogP contribution < -0.4 is 10.5 Å². The maximum absolute atomic E-state index is 15.2. The first kappa shape index (κ1) is 22.6. The van der Waals surface area contributed by atoms with E-state index in [1.807, 2.05) is 25.1 Å². The molecule has 0 amide bonds. The summed E-state index contributed by atoms with van der Waals surface area (Å²) in [5, 5.41) is 0. The monoisotopic (exact) mass is 433 g/mol. The SMILES string of the molecule is COc1cccnc1Cc1ccc(F)c([C@]2(C)CS(C)(C)(C)(C)C(C)(C)C(N)=N2)c1. The van der Waals surface area contributed by atoms with Crippen LogP contribution in [0.15, 0.2) is 41.5 Å². The maximum atomic E-state index is 15.2. The molecule has 0 unspecified atom stereocenters. The molecular weight excluding hydrogens is 397 g/mol. The van der Waals surface area contributed by atoms with Crippen LogP contribution in [-0.4, -0.2) is 53.5 Å². The summed E-state index contributed by atoms with van der Waals surface area (Å²) in [7, 11) is -1.10. The fourth-order valence-corrected chi connectivity index (χ4v) is 8.68. The Kier molecular flexibility index (Phi) is 4.69. The molecular formula is C24H36FN3OS. The van der Waals surface area contributed by atoms with Crippen LogP contribution >= 0.6 is 8.29 Å². The van der Waals surface area contributed by atoms with Gasteiger partial charge in [-0.1, -0.05) is 12.1 Å². The molecule has 0 saturated heterocycles. The van der Waals surface area contributed by atoms with Gasteiger partial charge in [-0.05, 0) is 75.3 Å². The lowest BCUT2D eigenvalue weighted by Crippen LogP contribution is -2.65. The van der Waals surface area contributed by atoms with E-state index in [2.05, 4.69) is 43.9 Å². The summed E-state index contributed by atoms with van der Waals surface area (Å²) in [6, 6.07) is 8.99. The fraction of sp³-hybridized carbons (Fsp3) is 0.500. The number of nitrogens with zero attached hydrogens (tertiary/aromatic N) is 2. The normalized spacial score (nSPS) is 28.2. The third kappa shape index (κ3) is 3.49. The van der Waals surface area contributed by atoms with Crippen molar-refractivity contribution in [3.8, 4) is 5.75 Å². The molecule has 3 rings (SSSR count). The molecule has 0 saturated carbocycles. The molecule has 0 spiro atoms. The highest BCUT2D eigenvalue weighted by atomic mass is 32.4. The lowest BCUT2D eigenvalue weighted by molar-refractivity contribution is 0.408. The summed E-state index contributed by atoms with van der Waals surface area (Å²) in [4.78, 5) is 9.35. The third-order valence-electron chi connectivity index (χ3n) is 7.37. The summed E-state index contributed by atoms with van der Waals surface area (Å²) in [5.41, 5.74) is 8.20. The number of halogens is 1. The molecule has 2 N–H and O–H groups in total. The Morgan fingerprint density at radius 3 is 2.40 bits per heavy atom. The van der Waals surface area contributed by atoms with Gasteiger partial charge in [-0.2, -0.15) is 0 Å². The van der Waals surface area contributed by atoms with Crippen molar-refractivity contribution >= 4 is 14.1 Å². The van der Waals surface area contributed by atoms with Crippen LogP contribution in [0.2, 0.25) is 0 Å². The summed E-state index contributed by atoms with van der Waals surface area (Å²) >= 11 is 0. The van der Waals surface area contributed by atoms with E-state index >= 15 is 4.39 Å². The van der Waals surface area contributed by atoms with Gasteiger partial charge in [0.2, 0.25) is 0 Å². The summed E-state index contributed by atoms with van der Waals surface area (Å²) < 4.78 is 20.3. The van der Waals surface area contributed by atoms with Gasteiger partial charge in [0.1, 0.15) is 17.4 Å². The van der Waals surface area contributed by atoms with Gasteiger partial charge in [0.25, 0.3) is 0 Å². The smallest absolute Gasteiger partial charge is 0.140 e. The van der Waals surface area contributed by atoms with Crippen molar-refractivity contribution in [2.75, 3.05) is 37.9 Å². The molecule has 1 aromatic heterocycles. The Balaban J connectivity index is 2.12. The van der Waals surface area contributed by atoms with Crippen LogP contribution in [0.4, 0.5) is 4.39 Å². The number of hydrogen-bond donors (Lipinski definition) is 1. The van der Waals surface area contributed by atoms with Crippen LogP contribution in [0.5, 0.6) is 5.75 Å². The Hall–Kier alpha value is -2.08. The van der Waals surface area contributed by atoms with Gasteiger partial charge in [-0.15, -0.1) is 0 Å². The zero-order chi connectivity index (χ0) is 22.7. The van der Waals surface area contributed by atoms with E-state index in [9.17, 15) is 0 Å². The van der Waals surface area contributed by atoms with Crippen LogP contribution in [-0.2, 0) is 12.0 Å². The minimum absolute atomic E-state index is 0.251. The number of hydrogen-bond acceptors (Lipinski definition) is 4. The minimum atomic E-state index is -2.73. The first-order chi connectivity index (χ1) is 13.5. The Morgan fingerprint density at radius 2 is 1.80 bits per heavy atom. The van der Waals surface area contributed by atoms with Crippen molar-refractivity contribution in [1.82, 2.24) is 4.98 Å². The molecule has 2 heterocycles. The van der Waals surface area contributed by atoms with Gasteiger partial charge in [0.15, 0.2) is 0 Å². The minimum Gasteiger partial charge on any atom is -0.495 e. The molecule has 0 bridgehead atoms. The number of pyridine rings is 1. The van der Waals surface area contributed by atoms with Crippen molar-refractivity contribution in [3.05, 3.63) is 59.2 Å². The van der Waals surface area contributed by atoms with Crippen molar-refractivity contribution in [1.29, 1.82) is 0 Å². The van der Waals surface area contributed by atoms with Gasteiger partial charge in [-0.3, -0.25) is 18.3 Å². The molecule has 0 radical (unpaired) electrons. The van der Waals surface area contributed by atoms with E-state index < -0.39 is 13.8 Å². The van der Waals surface area contributed by atoms with E-state index in [0.717, 1.165) is 22.8 Å². The average Bonchev–Trinajstić information content (AvgIpc) is 2.60. The van der Waals surface area contributed by atoms with E-state index in [1.165, 1.54) is 6.07 Å². The molecule has 30 heavy (non-hydrogen) atoms. The zero-order valence-electron chi connectivity index (χ0n) is 19.5. The second-order valence-electron chi connectivity index (χ2n) is 11.6.